The number of aryl methyl sites for hydroxylation is 2. The Morgan fingerprint density at radius 1 is 1.12 bits per heavy atom. The van der Waals surface area contributed by atoms with Gasteiger partial charge in [-0.05, 0) is 38.2 Å². The Kier molecular flexibility index (Phi) is 5.64. The number of carbonyl (C=O) groups is 1. The van der Waals surface area contributed by atoms with Crippen molar-refractivity contribution < 1.29 is 4.79 Å². The molecule has 2 aliphatic rings. The summed E-state index contributed by atoms with van der Waals surface area (Å²) in [7, 11) is 1.83. The zero-order valence-electron chi connectivity index (χ0n) is 18.9. The van der Waals surface area contributed by atoms with Gasteiger partial charge in [0.25, 0.3) is 5.91 Å². The van der Waals surface area contributed by atoms with Crippen LogP contribution in [0.1, 0.15) is 58.2 Å². The summed E-state index contributed by atoms with van der Waals surface area (Å²) in [6, 6.07) is 10.6. The van der Waals surface area contributed by atoms with E-state index >= 15 is 0 Å². The molecular formula is C25H30N6O. The normalized spacial score (nSPS) is 18.5. The monoisotopic (exact) mass is 430 g/mol. The highest BCUT2D eigenvalue weighted by Gasteiger charge is 2.30. The summed E-state index contributed by atoms with van der Waals surface area (Å²) >= 11 is 0. The second kappa shape index (κ2) is 8.73. The number of rotatable bonds is 4. The summed E-state index contributed by atoms with van der Waals surface area (Å²) in [5, 5.41) is 4.15. The lowest BCUT2D eigenvalue weighted by molar-refractivity contribution is 0.0704. The molecule has 1 atom stereocenters. The van der Waals surface area contributed by atoms with E-state index in [1.165, 1.54) is 11.1 Å². The number of hydrogen-bond donors (Lipinski definition) is 0. The highest BCUT2D eigenvalue weighted by molar-refractivity contribution is 5.93. The molecule has 2 aromatic heterocycles. The molecule has 0 radical (unpaired) electrons. The Bertz CT molecular complexity index is 1110. The van der Waals surface area contributed by atoms with Gasteiger partial charge in [-0.2, -0.15) is 5.10 Å². The molecule has 32 heavy (non-hydrogen) atoms. The highest BCUT2D eigenvalue weighted by Crippen LogP contribution is 2.32. The van der Waals surface area contributed by atoms with Crippen molar-refractivity contribution in [2.75, 3.05) is 24.5 Å². The van der Waals surface area contributed by atoms with Crippen LogP contribution in [0.3, 0.4) is 0 Å². The van der Waals surface area contributed by atoms with Gasteiger partial charge in [0.1, 0.15) is 11.6 Å². The molecule has 7 nitrogen and oxygen atoms in total. The lowest BCUT2D eigenvalue weighted by Crippen LogP contribution is -2.40. The van der Waals surface area contributed by atoms with Crippen LogP contribution in [0.2, 0.25) is 0 Å². The molecule has 0 bridgehead atoms. The number of benzene rings is 1. The average Bonchev–Trinajstić information content (AvgIpc) is 3.26. The highest BCUT2D eigenvalue weighted by atomic mass is 16.2. The number of fused-ring (bicyclic) bond motifs is 1. The maximum Gasteiger partial charge on any atom is 0.257 e. The van der Waals surface area contributed by atoms with Gasteiger partial charge in [0, 0.05) is 56.6 Å². The van der Waals surface area contributed by atoms with Gasteiger partial charge >= 0.3 is 0 Å². The minimum atomic E-state index is 0.0446. The molecule has 3 aromatic rings. The van der Waals surface area contributed by atoms with Gasteiger partial charge in [-0.3, -0.25) is 9.48 Å². The van der Waals surface area contributed by atoms with Crippen molar-refractivity contribution in [2.24, 2.45) is 7.05 Å². The summed E-state index contributed by atoms with van der Waals surface area (Å²) < 4.78 is 1.67. The van der Waals surface area contributed by atoms with Crippen molar-refractivity contribution in [3.63, 3.8) is 0 Å². The van der Waals surface area contributed by atoms with Crippen molar-refractivity contribution in [1.29, 1.82) is 0 Å². The fraction of sp³-hybridized carbons (Fsp3) is 0.440. The standard InChI is InChI=1S/C25H30N6O/c1-18-22-11-7-12-30(15-19-8-4-3-5-9-19)24(22)28-23(27-18)20-10-6-13-31(17-20)25(32)21-14-26-29(2)16-21/h3-5,8-9,14,16,20H,6-7,10-13,15,17H2,1-2H3/t20-/m1/s1. The fourth-order valence-corrected chi connectivity index (χ4v) is 4.94. The largest absolute Gasteiger partial charge is 0.352 e. The molecule has 0 spiro atoms. The lowest BCUT2D eigenvalue weighted by Gasteiger charge is -2.34. The van der Waals surface area contributed by atoms with Crippen molar-refractivity contribution in [2.45, 2.75) is 45.1 Å². The van der Waals surface area contributed by atoms with Crippen molar-refractivity contribution in [3.8, 4) is 0 Å². The first-order chi connectivity index (χ1) is 15.6. The van der Waals surface area contributed by atoms with E-state index in [2.05, 4.69) is 47.3 Å². The third-order valence-electron chi connectivity index (χ3n) is 6.61. The van der Waals surface area contributed by atoms with Crippen LogP contribution < -0.4 is 4.90 Å². The second-order valence-corrected chi connectivity index (χ2v) is 8.97. The van der Waals surface area contributed by atoms with Crippen molar-refractivity contribution >= 4 is 11.7 Å². The minimum Gasteiger partial charge on any atom is -0.352 e. The van der Waals surface area contributed by atoms with Gasteiger partial charge < -0.3 is 9.80 Å². The molecule has 1 saturated heterocycles. The summed E-state index contributed by atoms with van der Waals surface area (Å²) in [5.74, 6) is 2.17. The number of likely N-dealkylation sites (tertiary alicyclic amines) is 1. The van der Waals surface area contributed by atoms with Gasteiger partial charge in [0.2, 0.25) is 0 Å². The summed E-state index contributed by atoms with van der Waals surface area (Å²) in [5.41, 5.74) is 4.29. The van der Waals surface area contributed by atoms with Crippen LogP contribution in [0.5, 0.6) is 0 Å². The Labute approximate surface area is 189 Å². The number of piperidine rings is 1. The van der Waals surface area contributed by atoms with E-state index in [0.717, 1.165) is 62.7 Å². The summed E-state index contributed by atoms with van der Waals surface area (Å²) in [6.07, 6.45) is 7.56. The van der Waals surface area contributed by atoms with Crippen LogP contribution in [0, 0.1) is 6.92 Å². The van der Waals surface area contributed by atoms with Gasteiger partial charge in [-0.15, -0.1) is 0 Å². The second-order valence-electron chi connectivity index (χ2n) is 8.97. The topological polar surface area (TPSA) is 67.2 Å². The molecule has 0 saturated carbocycles. The number of nitrogens with zero attached hydrogens (tertiary/aromatic N) is 6. The van der Waals surface area contributed by atoms with E-state index in [-0.39, 0.29) is 11.8 Å². The number of carbonyl (C=O) groups excluding carboxylic acids is 1. The fourth-order valence-electron chi connectivity index (χ4n) is 4.94. The molecule has 1 fully saturated rings. The first-order valence-corrected chi connectivity index (χ1v) is 11.5. The molecule has 4 heterocycles. The third-order valence-corrected chi connectivity index (χ3v) is 6.61. The minimum absolute atomic E-state index is 0.0446. The number of hydrogen-bond acceptors (Lipinski definition) is 5. The average molecular weight is 431 g/mol. The van der Waals surface area contributed by atoms with Crippen LogP contribution in [0.25, 0.3) is 0 Å². The van der Waals surface area contributed by atoms with Gasteiger partial charge in [0.05, 0.1) is 11.8 Å². The van der Waals surface area contributed by atoms with E-state index in [1.807, 2.05) is 11.9 Å². The van der Waals surface area contributed by atoms with Crippen LogP contribution in [0.15, 0.2) is 42.7 Å². The molecule has 7 heteroatoms. The van der Waals surface area contributed by atoms with Crippen LogP contribution in [-0.4, -0.2) is 50.2 Å². The van der Waals surface area contributed by atoms with E-state index in [0.29, 0.717) is 12.1 Å². The van der Waals surface area contributed by atoms with Crippen LogP contribution >= 0.6 is 0 Å². The predicted molar refractivity (Wildman–Crippen MR) is 124 cm³/mol. The van der Waals surface area contributed by atoms with Crippen LogP contribution in [0.4, 0.5) is 5.82 Å². The molecule has 1 amide bonds. The molecule has 0 N–H and O–H groups in total. The van der Waals surface area contributed by atoms with E-state index in [4.69, 9.17) is 9.97 Å². The maximum atomic E-state index is 13.0. The van der Waals surface area contributed by atoms with Crippen molar-refractivity contribution in [3.05, 3.63) is 70.9 Å². The van der Waals surface area contributed by atoms with E-state index in [1.54, 1.807) is 17.1 Å². The molecule has 166 valence electrons. The maximum absolute atomic E-state index is 13.0. The number of aromatic nitrogens is 4. The zero-order chi connectivity index (χ0) is 22.1. The Hall–Kier alpha value is -3.22. The van der Waals surface area contributed by atoms with Crippen LogP contribution in [-0.2, 0) is 20.0 Å². The van der Waals surface area contributed by atoms with Crippen molar-refractivity contribution in [1.82, 2.24) is 24.6 Å². The quantitative estimate of drug-likeness (QED) is 0.634. The van der Waals surface area contributed by atoms with E-state index < -0.39 is 0 Å². The van der Waals surface area contributed by atoms with Gasteiger partial charge in [-0.1, -0.05) is 30.3 Å². The molecule has 0 unspecified atom stereocenters. The Morgan fingerprint density at radius 3 is 2.75 bits per heavy atom. The molecule has 2 aliphatic heterocycles. The Morgan fingerprint density at radius 2 is 1.97 bits per heavy atom. The lowest BCUT2D eigenvalue weighted by atomic mass is 9.95. The predicted octanol–water partition coefficient (Wildman–Crippen LogP) is 3.49. The molecular weight excluding hydrogens is 400 g/mol. The molecule has 5 rings (SSSR count). The first kappa shape index (κ1) is 20.7. The SMILES string of the molecule is Cc1nc([C@@H]2CCCN(C(=O)c3cnn(C)c3)C2)nc2c1CCCN2Cc1ccccc1. The van der Waals surface area contributed by atoms with Gasteiger partial charge in [0.15, 0.2) is 0 Å². The third kappa shape index (κ3) is 4.11. The zero-order valence-corrected chi connectivity index (χ0v) is 18.9. The number of amides is 1. The first-order valence-electron chi connectivity index (χ1n) is 11.5. The number of anilines is 1. The van der Waals surface area contributed by atoms with Gasteiger partial charge in [-0.25, -0.2) is 9.97 Å². The molecule has 0 aliphatic carbocycles. The smallest absolute Gasteiger partial charge is 0.257 e. The Balaban J connectivity index is 1.39. The molecule has 1 aromatic carbocycles. The summed E-state index contributed by atoms with van der Waals surface area (Å²) in [4.78, 5) is 27.3. The van der Waals surface area contributed by atoms with E-state index in [9.17, 15) is 4.79 Å². The summed E-state index contributed by atoms with van der Waals surface area (Å²) in [6.45, 7) is 5.41.